The Morgan fingerprint density at radius 2 is 1.88 bits per heavy atom. The van der Waals surface area contributed by atoms with Gasteiger partial charge in [-0.1, -0.05) is 15.9 Å². The van der Waals surface area contributed by atoms with E-state index in [1.54, 1.807) is 0 Å². The minimum Gasteiger partial charge on any atom is -0.383 e. The summed E-state index contributed by atoms with van der Waals surface area (Å²) in [5.41, 5.74) is -3.24. The predicted molar refractivity (Wildman–Crippen MR) is 99.1 cm³/mol. The highest BCUT2D eigenvalue weighted by Gasteiger charge is 2.57. The van der Waals surface area contributed by atoms with Crippen LogP contribution in [0.15, 0.2) is 26.4 Å². The lowest BCUT2D eigenvalue weighted by atomic mass is 9.82. The lowest BCUT2D eigenvalue weighted by Crippen LogP contribution is -2.56. The van der Waals surface area contributed by atoms with Crippen LogP contribution in [0.3, 0.4) is 0 Å². The first-order valence-electron chi connectivity index (χ1n) is 8.16. The Morgan fingerprint density at radius 3 is 2.44 bits per heavy atom. The Hall–Kier alpha value is -0.310. The van der Waals surface area contributed by atoms with Crippen LogP contribution in [0.4, 0.5) is 13.2 Å². The van der Waals surface area contributed by atoms with E-state index in [1.807, 2.05) is 20.8 Å². The first kappa shape index (κ1) is 21.0. The van der Waals surface area contributed by atoms with Gasteiger partial charge in [-0.25, -0.2) is 8.79 Å². The second-order valence-corrected chi connectivity index (χ2v) is 9.88. The van der Waals surface area contributed by atoms with Gasteiger partial charge in [0, 0.05) is 42.8 Å². The maximum Gasteiger partial charge on any atom is 0.319 e. The average molecular weight is 442 g/mol. The number of hydrogen-bond acceptors (Lipinski definition) is 4. The number of allylic oxidation sites excluding steroid dienone is 4. The topological polar surface area (TPSA) is 41.8 Å². The first-order valence-corrected chi connectivity index (χ1v) is 9.73. The molecule has 0 bridgehead atoms. The van der Waals surface area contributed by atoms with Crippen LogP contribution in [0.25, 0.3) is 0 Å². The molecule has 2 aliphatic rings. The van der Waals surface area contributed by atoms with Crippen molar-refractivity contribution in [3.05, 3.63) is 22.0 Å². The minimum absolute atomic E-state index is 0.0310. The lowest BCUT2D eigenvalue weighted by Gasteiger charge is -2.39. The van der Waals surface area contributed by atoms with Crippen molar-refractivity contribution < 1.29 is 23.0 Å². The molecule has 0 aromatic heterocycles. The van der Waals surface area contributed by atoms with Crippen LogP contribution < -0.4 is 0 Å². The second-order valence-electron chi connectivity index (χ2n) is 7.27. The normalized spacial score (nSPS) is 22.9. The standard InChI is InChI=1S/C17H23BrF3NO2S/c1-15(2,3)25-22-14(12-10-11(18)4-5-13(12)19)17(20,21)16(23)6-8-24-9-7-16/h10,23H,4-9H2,1-3H3/b22-14+. The molecule has 1 saturated heterocycles. The van der Waals surface area contributed by atoms with E-state index in [2.05, 4.69) is 20.3 Å². The molecule has 142 valence electrons. The van der Waals surface area contributed by atoms with Crippen LogP contribution in [0.5, 0.6) is 0 Å². The molecule has 1 aliphatic carbocycles. The SMILES string of the molecule is CC(C)(C)S/N=C(\C1=C(F)CCC(Br)=C1)C(F)(F)C1(O)CCOCC1. The number of halogens is 4. The fourth-order valence-electron chi connectivity index (χ4n) is 2.57. The Labute approximate surface area is 159 Å². The zero-order valence-electron chi connectivity index (χ0n) is 14.5. The van der Waals surface area contributed by atoms with Crippen LogP contribution in [0.2, 0.25) is 0 Å². The third-order valence-corrected chi connectivity index (χ3v) is 5.49. The smallest absolute Gasteiger partial charge is 0.319 e. The number of nitrogens with zero attached hydrogens (tertiary/aromatic N) is 1. The van der Waals surface area contributed by atoms with Gasteiger partial charge in [-0.2, -0.15) is 8.78 Å². The zero-order chi connectivity index (χ0) is 18.9. The average Bonchev–Trinajstić information content (AvgIpc) is 2.50. The van der Waals surface area contributed by atoms with Crippen molar-refractivity contribution in [2.24, 2.45) is 4.40 Å². The molecule has 0 radical (unpaired) electrons. The fraction of sp³-hybridized carbons (Fsp3) is 0.706. The summed E-state index contributed by atoms with van der Waals surface area (Å²) in [6.07, 6.45) is 1.34. The van der Waals surface area contributed by atoms with Gasteiger partial charge in [0.15, 0.2) is 0 Å². The molecule has 1 heterocycles. The van der Waals surface area contributed by atoms with Gasteiger partial charge in [0.25, 0.3) is 0 Å². The zero-order valence-corrected chi connectivity index (χ0v) is 16.9. The number of alkyl halides is 2. The van der Waals surface area contributed by atoms with Crippen LogP contribution in [0.1, 0.15) is 46.5 Å². The summed E-state index contributed by atoms with van der Waals surface area (Å²) in [5, 5.41) is 10.6. The summed E-state index contributed by atoms with van der Waals surface area (Å²) in [6, 6.07) is 0. The van der Waals surface area contributed by atoms with Crippen LogP contribution in [-0.4, -0.2) is 40.3 Å². The molecule has 0 aromatic rings. The Bertz CT molecular complexity index is 606. The minimum atomic E-state index is -3.69. The largest absolute Gasteiger partial charge is 0.383 e. The third kappa shape index (κ3) is 4.90. The number of rotatable bonds is 4. The fourth-order valence-corrected chi connectivity index (χ4v) is 3.57. The quantitative estimate of drug-likeness (QED) is 0.472. The summed E-state index contributed by atoms with van der Waals surface area (Å²) < 4.78 is 54.4. The highest BCUT2D eigenvalue weighted by molar-refractivity contribution is 9.11. The lowest BCUT2D eigenvalue weighted by molar-refractivity contribution is -0.177. The molecule has 1 fully saturated rings. The Morgan fingerprint density at radius 1 is 1.28 bits per heavy atom. The molecule has 0 aromatic carbocycles. The molecule has 1 aliphatic heterocycles. The van der Waals surface area contributed by atoms with Gasteiger partial charge in [-0.3, -0.25) is 0 Å². The van der Waals surface area contributed by atoms with E-state index in [1.165, 1.54) is 6.08 Å². The summed E-state index contributed by atoms with van der Waals surface area (Å²) in [5.74, 6) is -4.32. The monoisotopic (exact) mass is 441 g/mol. The van der Waals surface area contributed by atoms with E-state index in [-0.39, 0.29) is 38.0 Å². The van der Waals surface area contributed by atoms with Crippen molar-refractivity contribution in [2.75, 3.05) is 13.2 Å². The van der Waals surface area contributed by atoms with E-state index >= 15 is 8.78 Å². The van der Waals surface area contributed by atoms with E-state index in [4.69, 9.17) is 4.74 Å². The first-order chi connectivity index (χ1) is 11.5. The molecule has 2 rings (SSSR count). The van der Waals surface area contributed by atoms with Crippen molar-refractivity contribution in [1.29, 1.82) is 0 Å². The summed E-state index contributed by atoms with van der Waals surface area (Å²) in [4.78, 5) is 0. The van der Waals surface area contributed by atoms with Crippen molar-refractivity contribution in [1.82, 2.24) is 0 Å². The number of aliphatic hydroxyl groups is 1. The van der Waals surface area contributed by atoms with E-state index in [0.29, 0.717) is 10.9 Å². The highest BCUT2D eigenvalue weighted by Crippen LogP contribution is 2.43. The number of ether oxygens (including phenoxy) is 1. The van der Waals surface area contributed by atoms with E-state index in [0.717, 1.165) is 11.9 Å². The van der Waals surface area contributed by atoms with Gasteiger partial charge >= 0.3 is 5.92 Å². The molecule has 0 spiro atoms. The second kappa shape index (κ2) is 7.74. The summed E-state index contributed by atoms with van der Waals surface area (Å²) in [7, 11) is 0. The van der Waals surface area contributed by atoms with Crippen LogP contribution >= 0.6 is 27.9 Å². The molecule has 0 amide bonds. The molecule has 3 nitrogen and oxygen atoms in total. The van der Waals surface area contributed by atoms with Gasteiger partial charge in [-0.05, 0) is 49.7 Å². The Balaban J connectivity index is 2.51. The van der Waals surface area contributed by atoms with Gasteiger partial charge in [0.1, 0.15) is 17.1 Å². The van der Waals surface area contributed by atoms with Crippen molar-refractivity contribution in [3.63, 3.8) is 0 Å². The molecule has 25 heavy (non-hydrogen) atoms. The third-order valence-electron chi connectivity index (χ3n) is 4.04. The summed E-state index contributed by atoms with van der Waals surface area (Å²) >= 11 is 4.21. The van der Waals surface area contributed by atoms with Gasteiger partial charge in [0.2, 0.25) is 0 Å². The molecule has 0 saturated carbocycles. The van der Waals surface area contributed by atoms with Gasteiger partial charge < -0.3 is 9.84 Å². The van der Waals surface area contributed by atoms with Gasteiger partial charge in [0.05, 0.1) is 0 Å². The van der Waals surface area contributed by atoms with Gasteiger partial charge in [-0.15, -0.1) is 0 Å². The highest BCUT2D eigenvalue weighted by atomic mass is 79.9. The number of hydrogen-bond donors (Lipinski definition) is 1. The van der Waals surface area contributed by atoms with Crippen molar-refractivity contribution in [3.8, 4) is 0 Å². The predicted octanol–water partition coefficient (Wildman–Crippen LogP) is 5.35. The molecule has 1 N–H and O–H groups in total. The molecule has 8 heteroatoms. The molecule has 0 atom stereocenters. The Kier molecular flexibility index (Phi) is 6.50. The maximum absolute atomic E-state index is 15.3. The van der Waals surface area contributed by atoms with Crippen molar-refractivity contribution in [2.45, 2.75) is 62.7 Å². The van der Waals surface area contributed by atoms with Crippen LogP contribution in [0, 0.1) is 0 Å². The van der Waals surface area contributed by atoms with Crippen molar-refractivity contribution >= 4 is 33.6 Å². The summed E-state index contributed by atoms with van der Waals surface area (Å²) in [6.45, 7) is 5.56. The van der Waals surface area contributed by atoms with Crippen LogP contribution in [-0.2, 0) is 4.74 Å². The van der Waals surface area contributed by atoms with E-state index < -0.39 is 27.8 Å². The maximum atomic E-state index is 15.3. The molecular weight excluding hydrogens is 419 g/mol. The molecule has 0 unspecified atom stereocenters. The van der Waals surface area contributed by atoms with E-state index in [9.17, 15) is 9.50 Å². The molecular formula is C17H23BrF3NO2S.